The lowest BCUT2D eigenvalue weighted by atomic mass is 10.1. The van der Waals surface area contributed by atoms with Crippen LogP contribution in [0.3, 0.4) is 0 Å². The summed E-state index contributed by atoms with van der Waals surface area (Å²) in [5, 5.41) is 0. The number of nitrogens with zero attached hydrogens (tertiary/aromatic N) is 1. The van der Waals surface area contributed by atoms with Crippen LogP contribution in [0, 0.1) is 13.8 Å². The van der Waals surface area contributed by atoms with Crippen LogP contribution in [0.4, 0.5) is 11.4 Å². The highest BCUT2D eigenvalue weighted by Crippen LogP contribution is 2.24. The molecule has 0 aliphatic heterocycles. The summed E-state index contributed by atoms with van der Waals surface area (Å²) in [7, 11) is -0.584. The van der Waals surface area contributed by atoms with Crippen LogP contribution in [-0.4, -0.2) is 26.8 Å². The van der Waals surface area contributed by atoms with Gasteiger partial charge in [0, 0.05) is 14.1 Å². The minimum atomic E-state index is -3.50. The second-order valence-corrected chi connectivity index (χ2v) is 5.80. The highest BCUT2D eigenvalue weighted by molar-refractivity contribution is 7.90. The smallest absolute Gasteiger partial charge is 0.301 e. The first-order valence-electron chi connectivity index (χ1n) is 4.81. The number of aryl methyl sites for hydroxylation is 2. The third-order valence-electron chi connectivity index (χ3n) is 2.39. The lowest BCUT2D eigenvalue weighted by molar-refractivity contribution is 0.527. The van der Waals surface area contributed by atoms with E-state index in [1.54, 1.807) is 12.1 Å². The molecular formula is C10H17N3O2S. The van der Waals surface area contributed by atoms with Crippen molar-refractivity contribution < 1.29 is 8.42 Å². The van der Waals surface area contributed by atoms with Gasteiger partial charge in [0.15, 0.2) is 0 Å². The van der Waals surface area contributed by atoms with Gasteiger partial charge in [-0.15, -0.1) is 0 Å². The number of nitrogens with two attached hydrogens (primary N) is 1. The molecule has 0 unspecified atom stereocenters. The Labute approximate surface area is 96.4 Å². The van der Waals surface area contributed by atoms with Crippen molar-refractivity contribution in [3.8, 4) is 0 Å². The minimum Gasteiger partial charge on any atom is -0.397 e. The van der Waals surface area contributed by atoms with Gasteiger partial charge in [0.05, 0.1) is 11.4 Å². The molecule has 0 aliphatic rings. The van der Waals surface area contributed by atoms with Gasteiger partial charge >= 0.3 is 10.2 Å². The summed E-state index contributed by atoms with van der Waals surface area (Å²) in [6.45, 7) is 3.83. The zero-order valence-electron chi connectivity index (χ0n) is 9.90. The van der Waals surface area contributed by atoms with Crippen molar-refractivity contribution >= 4 is 21.6 Å². The van der Waals surface area contributed by atoms with Crippen LogP contribution in [0.5, 0.6) is 0 Å². The Kier molecular flexibility index (Phi) is 3.44. The Morgan fingerprint density at radius 3 is 2.19 bits per heavy atom. The normalized spacial score (nSPS) is 11.8. The second-order valence-electron chi connectivity index (χ2n) is 3.91. The van der Waals surface area contributed by atoms with Gasteiger partial charge in [0.25, 0.3) is 0 Å². The van der Waals surface area contributed by atoms with Gasteiger partial charge < -0.3 is 5.73 Å². The molecule has 0 spiro atoms. The van der Waals surface area contributed by atoms with Crippen molar-refractivity contribution in [2.24, 2.45) is 0 Å². The Morgan fingerprint density at radius 2 is 1.69 bits per heavy atom. The fourth-order valence-corrected chi connectivity index (χ4v) is 1.79. The first-order chi connectivity index (χ1) is 7.24. The van der Waals surface area contributed by atoms with Crippen molar-refractivity contribution in [3.05, 3.63) is 23.3 Å². The number of benzene rings is 1. The SMILES string of the molecule is Cc1cc(N)c(NS(=O)(=O)N(C)C)cc1C. The monoisotopic (exact) mass is 243 g/mol. The topological polar surface area (TPSA) is 75.4 Å². The number of nitrogen functional groups attached to an aromatic ring is 1. The molecule has 5 nitrogen and oxygen atoms in total. The average Bonchev–Trinajstić information content (AvgIpc) is 2.13. The molecule has 0 aliphatic carbocycles. The number of hydrogen-bond donors (Lipinski definition) is 2. The van der Waals surface area contributed by atoms with E-state index in [1.807, 2.05) is 13.8 Å². The molecule has 3 N–H and O–H groups in total. The quantitative estimate of drug-likeness (QED) is 0.781. The average molecular weight is 243 g/mol. The Hall–Kier alpha value is -1.27. The molecular weight excluding hydrogens is 226 g/mol. The van der Waals surface area contributed by atoms with Crippen LogP contribution in [0.1, 0.15) is 11.1 Å². The molecule has 0 saturated heterocycles. The summed E-state index contributed by atoms with van der Waals surface area (Å²) in [6.07, 6.45) is 0. The third-order valence-corrected chi connectivity index (χ3v) is 3.82. The first kappa shape index (κ1) is 12.8. The minimum absolute atomic E-state index is 0.414. The molecule has 0 atom stereocenters. The zero-order valence-corrected chi connectivity index (χ0v) is 10.7. The van der Waals surface area contributed by atoms with E-state index in [4.69, 9.17) is 5.73 Å². The number of hydrogen-bond acceptors (Lipinski definition) is 3. The largest absolute Gasteiger partial charge is 0.397 e. The van der Waals surface area contributed by atoms with Crippen LogP contribution in [0.25, 0.3) is 0 Å². The molecule has 0 saturated carbocycles. The van der Waals surface area contributed by atoms with Crippen LogP contribution in [-0.2, 0) is 10.2 Å². The summed E-state index contributed by atoms with van der Waals surface area (Å²) < 4.78 is 26.7. The van der Waals surface area contributed by atoms with Crippen molar-refractivity contribution in [2.45, 2.75) is 13.8 Å². The summed E-state index contributed by atoms with van der Waals surface area (Å²) in [5.74, 6) is 0. The maximum absolute atomic E-state index is 11.6. The van der Waals surface area contributed by atoms with Gasteiger partial charge in [-0.1, -0.05) is 0 Å². The summed E-state index contributed by atoms with van der Waals surface area (Å²) in [5.41, 5.74) is 8.61. The van der Waals surface area contributed by atoms with E-state index in [2.05, 4.69) is 4.72 Å². The van der Waals surface area contributed by atoms with E-state index in [9.17, 15) is 8.42 Å². The molecule has 0 fully saturated rings. The second kappa shape index (κ2) is 4.31. The standard InChI is InChI=1S/C10H17N3O2S/c1-7-5-9(11)10(6-8(7)2)12-16(14,15)13(3)4/h5-6,12H,11H2,1-4H3. The van der Waals surface area contributed by atoms with Crippen LogP contribution < -0.4 is 10.5 Å². The van der Waals surface area contributed by atoms with E-state index in [0.29, 0.717) is 11.4 Å². The Balaban J connectivity index is 3.13. The Bertz CT molecular complexity index is 495. The fraction of sp³-hybridized carbons (Fsp3) is 0.400. The molecule has 1 aromatic carbocycles. The van der Waals surface area contributed by atoms with Gasteiger partial charge in [0.1, 0.15) is 0 Å². The predicted molar refractivity (Wildman–Crippen MR) is 66.6 cm³/mol. The van der Waals surface area contributed by atoms with Crippen LogP contribution in [0.2, 0.25) is 0 Å². The lowest BCUT2D eigenvalue weighted by Gasteiger charge is -2.16. The highest BCUT2D eigenvalue weighted by Gasteiger charge is 2.14. The van der Waals surface area contributed by atoms with Crippen molar-refractivity contribution in [1.82, 2.24) is 4.31 Å². The number of rotatable bonds is 3. The molecule has 16 heavy (non-hydrogen) atoms. The molecule has 0 aromatic heterocycles. The van der Waals surface area contributed by atoms with Crippen LogP contribution in [0.15, 0.2) is 12.1 Å². The van der Waals surface area contributed by atoms with Gasteiger partial charge in [-0.3, -0.25) is 4.72 Å². The third kappa shape index (κ3) is 2.65. The molecule has 90 valence electrons. The van der Waals surface area contributed by atoms with Gasteiger partial charge in [0.2, 0.25) is 0 Å². The maximum Gasteiger partial charge on any atom is 0.301 e. The van der Waals surface area contributed by atoms with E-state index >= 15 is 0 Å². The zero-order chi connectivity index (χ0) is 12.5. The van der Waals surface area contributed by atoms with Crippen molar-refractivity contribution in [1.29, 1.82) is 0 Å². The molecule has 0 heterocycles. The van der Waals surface area contributed by atoms with E-state index in [-0.39, 0.29) is 0 Å². The summed E-state index contributed by atoms with van der Waals surface area (Å²) >= 11 is 0. The Morgan fingerprint density at radius 1 is 1.19 bits per heavy atom. The van der Waals surface area contributed by atoms with E-state index < -0.39 is 10.2 Å². The molecule has 0 radical (unpaired) electrons. The summed E-state index contributed by atoms with van der Waals surface area (Å²) in [6, 6.07) is 3.48. The van der Waals surface area contributed by atoms with E-state index in [0.717, 1.165) is 15.4 Å². The number of anilines is 2. The fourth-order valence-electron chi connectivity index (χ4n) is 1.16. The van der Waals surface area contributed by atoms with Gasteiger partial charge in [-0.25, -0.2) is 0 Å². The number of nitrogens with one attached hydrogen (secondary N) is 1. The molecule has 0 bridgehead atoms. The van der Waals surface area contributed by atoms with Crippen molar-refractivity contribution in [3.63, 3.8) is 0 Å². The van der Waals surface area contributed by atoms with Gasteiger partial charge in [-0.05, 0) is 37.1 Å². The lowest BCUT2D eigenvalue weighted by Crippen LogP contribution is -2.29. The highest BCUT2D eigenvalue weighted by atomic mass is 32.2. The van der Waals surface area contributed by atoms with E-state index in [1.165, 1.54) is 14.1 Å². The molecule has 0 amide bonds. The molecule has 1 aromatic rings. The van der Waals surface area contributed by atoms with Crippen LogP contribution >= 0.6 is 0 Å². The predicted octanol–water partition coefficient (Wildman–Crippen LogP) is 1.10. The molecule has 1 rings (SSSR count). The van der Waals surface area contributed by atoms with Crippen molar-refractivity contribution in [2.75, 3.05) is 24.6 Å². The maximum atomic E-state index is 11.6. The summed E-state index contributed by atoms with van der Waals surface area (Å²) in [4.78, 5) is 0. The molecule has 6 heteroatoms. The first-order valence-corrected chi connectivity index (χ1v) is 6.25. The van der Waals surface area contributed by atoms with Gasteiger partial charge in [-0.2, -0.15) is 12.7 Å².